The van der Waals surface area contributed by atoms with E-state index in [2.05, 4.69) is 12.3 Å². The largest absolute Gasteiger partial charge is 2.00 e. The normalized spacial score (nSPS) is 8.18. The Morgan fingerprint density at radius 2 is 1.55 bits per heavy atom. The average molecular weight is 231 g/mol. The molecule has 0 saturated carbocycles. The number of carbonyl (C=O) groups excluding carboxylic acids is 1. The summed E-state index contributed by atoms with van der Waals surface area (Å²) in [4.78, 5) is 9.47. The Morgan fingerprint density at radius 1 is 1.45 bits per heavy atom. The van der Waals surface area contributed by atoms with Crippen LogP contribution in [-0.2, 0) is 32.3 Å². The molecule has 2 N–H and O–H groups in total. The van der Waals surface area contributed by atoms with E-state index in [4.69, 9.17) is 17.5 Å². The van der Waals surface area contributed by atoms with Gasteiger partial charge in [-0.3, -0.25) is 13.2 Å². The first kappa shape index (κ1) is 16.9. The molecule has 0 bridgehead atoms. The zero-order valence-corrected chi connectivity index (χ0v) is 6.87. The zero-order valence-electron chi connectivity index (χ0n) is 5.11. The second kappa shape index (κ2) is 7.70. The van der Waals surface area contributed by atoms with E-state index in [0.29, 0.717) is 0 Å². The van der Waals surface area contributed by atoms with Crippen molar-refractivity contribution in [3.05, 3.63) is 12.7 Å². The van der Waals surface area contributed by atoms with Crippen molar-refractivity contribution in [1.29, 1.82) is 0 Å². The molecule has 0 aromatic heterocycles. The van der Waals surface area contributed by atoms with Crippen LogP contribution in [0.2, 0.25) is 0 Å². The Hall–Kier alpha value is -0.401. The SMILES string of the molecule is C=CC(N)=O.O=S(=O)([O-])[O-].[Cu+2]. The van der Waals surface area contributed by atoms with E-state index < -0.39 is 16.3 Å². The van der Waals surface area contributed by atoms with Crippen molar-refractivity contribution < 1.29 is 39.4 Å². The Labute approximate surface area is 74.5 Å². The number of primary amides is 1. The molecule has 0 heterocycles. The predicted octanol–water partition coefficient (Wildman–Crippen LogP) is -1.68. The molecule has 0 fully saturated rings. The Morgan fingerprint density at radius 3 is 1.55 bits per heavy atom. The van der Waals surface area contributed by atoms with E-state index in [-0.39, 0.29) is 17.1 Å². The molecular weight excluding hydrogens is 226 g/mol. The molecule has 0 spiro atoms. The molecule has 0 saturated heterocycles. The van der Waals surface area contributed by atoms with Crippen molar-refractivity contribution in [3.8, 4) is 0 Å². The van der Waals surface area contributed by atoms with Gasteiger partial charge in [0.2, 0.25) is 5.91 Å². The number of nitrogens with two attached hydrogens (primary N) is 1. The van der Waals surface area contributed by atoms with Gasteiger partial charge in [0.05, 0.1) is 0 Å². The Bertz CT molecular complexity index is 202. The van der Waals surface area contributed by atoms with Gasteiger partial charge in [0.25, 0.3) is 0 Å². The van der Waals surface area contributed by atoms with Gasteiger partial charge >= 0.3 is 17.1 Å². The second-order valence-corrected chi connectivity index (χ2v) is 1.83. The first-order chi connectivity index (χ1) is 4.27. The molecule has 0 aliphatic heterocycles. The molecule has 0 atom stereocenters. The van der Waals surface area contributed by atoms with Gasteiger partial charge in [-0.1, -0.05) is 6.58 Å². The van der Waals surface area contributed by atoms with Crippen molar-refractivity contribution in [1.82, 2.24) is 0 Å². The monoisotopic (exact) mass is 230 g/mol. The summed E-state index contributed by atoms with van der Waals surface area (Å²) in [6.45, 7) is 3.09. The number of rotatable bonds is 1. The summed E-state index contributed by atoms with van der Waals surface area (Å²) in [6, 6.07) is 0. The molecule has 0 rings (SSSR count). The smallest absolute Gasteiger partial charge is 0.759 e. The first-order valence-corrected chi connectivity index (χ1v) is 3.19. The molecule has 0 aliphatic rings. The predicted molar refractivity (Wildman–Crippen MR) is 29.9 cm³/mol. The number of carbonyl (C=O) groups is 1. The number of hydrogen-bond donors (Lipinski definition) is 1. The van der Waals surface area contributed by atoms with Crippen LogP contribution in [-0.4, -0.2) is 23.4 Å². The minimum absolute atomic E-state index is 0. The maximum atomic E-state index is 9.47. The third kappa shape index (κ3) is 217. The van der Waals surface area contributed by atoms with Crippen LogP contribution in [0, 0.1) is 0 Å². The molecule has 0 aromatic carbocycles. The minimum Gasteiger partial charge on any atom is -0.759 e. The van der Waals surface area contributed by atoms with Crippen LogP contribution in [0.25, 0.3) is 0 Å². The summed E-state index contributed by atoms with van der Waals surface area (Å²) in [5.41, 5.74) is 4.53. The quantitative estimate of drug-likeness (QED) is 0.249. The second-order valence-electron chi connectivity index (χ2n) is 1.01. The van der Waals surface area contributed by atoms with E-state index in [1.54, 1.807) is 0 Å². The summed E-state index contributed by atoms with van der Waals surface area (Å²) >= 11 is 0. The van der Waals surface area contributed by atoms with Crippen molar-refractivity contribution in [2.75, 3.05) is 0 Å². The third-order valence-corrected chi connectivity index (χ3v) is 0.201. The summed E-state index contributed by atoms with van der Waals surface area (Å²) in [6.07, 6.45) is 1.06. The standard InChI is InChI=1S/C3H5NO.Cu.H2O4S/c1-2-3(4)5;;1-5(2,3)4/h2H,1H2,(H2,4,5);;(H2,1,2,3,4)/q;+2;/p-2. The fourth-order valence-electron chi connectivity index (χ4n) is 0. The van der Waals surface area contributed by atoms with Crippen molar-refractivity contribution >= 4 is 16.3 Å². The Kier molecular flexibility index (Phi) is 11.8. The molecule has 11 heavy (non-hydrogen) atoms. The summed E-state index contributed by atoms with van der Waals surface area (Å²) < 4.78 is 34.1. The van der Waals surface area contributed by atoms with E-state index in [1.807, 2.05) is 0 Å². The molecule has 6 nitrogen and oxygen atoms in total. The number of hydrogen-bond acceptors (Lipinski definition) is 5. The molecule has 0 unspecified atom stereocenters. The summed E-state index contributed by atoms with van der Waals surface area (Å²) in [5.74, 6) is -0.481. The van der Waals surface area contributed by atoms with Crippen molar-refractivity contribution in [2.45, 2.75) is 0 Å². The van der Waals surface area contributed by atoms with E-state index in [9.17, 15) is 4.79 Å². The fraction of sp³-hybridized carbons (Fsp3) is 0. The van der Waals surface area contributed by atoms with E-state index >= 15 is 0 Å². The van der Waals surface area contributed by atoms with Gasteiger partial charge in [-0.25, -0.2) is 0 Å². The van der Waals surface area contributed by atoms with Crippen LogP contribution in [0.1, 0.15) is 0 Å². The average Bonchev–Trinajstić information content (AvgIpc) is 1.61. The van der Waals surface area contributed by atoms with Gasteiger partial charge in [0.15, 0.2) is 0 Å². The maximum Gasteiger partial charge on any atom is 2.00 e. The van der Waals surface area contributed by atoms with Gasteiger partial charge in [-0.2, -0.15) is 0 Å². The van der Waals surface area contributed by atoms with Gasteiger partial charge in [0, 0.05) is 10.4 Å². The summed E-state index contributed by atoms with van der Waals surface area (Å²) in [7, 11) is -5.17. The first-order valence-electron chi connectivity index (χ1n) is 1.86. The molecule has 0 aromatic rings. The van der Waals surface area contributed by atoms with E-state index in [1.165, 1.54) is 0 Å². The maximum absolute atomic E-state index is 9.47. The zero-order chi connectivity index (χ0) is 8.78. The molecular formula is C3H5CuNO5S. The molecule has 0 aliphatic carbocycles. The van der Waals surface area contributed by atoms with Crippen LogP contribution >= 0.6 is 0 Å². The molecule has 69 valence electrons. The third-order valence-electron chi connectivity index (χ3n) is 0.201. The van der Waals surface area contributed by atoms with Crippen LogP contribution in [0.4, 0.5) is 0 Å². The van der Waals surface area contributed by atoms with Gasteiger partial charge in [-0.05, 0) is 6.08 Å². The Balaban J connectivity index is -0.000000107. The van der Waals surface area contributed by atoms with Crippen LogP contribution in [0.5, 0.6) is 0 Å². The van der Waals surface area contributed by atoms with E-state index in [0.717, 1.165) is 6.08 Å². The molecule has 1 amide bonds. The minimum atomic E-state index is -5.17. The van der Waals surface area contributed by atoms with Crippen LogP contribution in [0.3, 0.4) is 0 Å². The van der Waals surface area contributed by atoms with Gasteiger partial charge in [-0.15, -0.1) is 0 Å². The van der Waals surface area contributed by atoms with Gasteiger partial charge in [0.1, 0.15) is 0 Å². The fourth-order valence-corrected chi connectivity index (χ4v) is 0. The molecule has 1 radical (unpaired) electrons. The van der Waals surface area contributed by atoms with Crippen molar-refractivity contribution in [2.24, 2.45) is 5.73 Å². The van der Waals surface area contributed by atoms with Crippen LogP contribution < -0.4 is 5.73 Å². The summed E-state index contributed by atoms with van der Waals surface area (Å²) in [5, 5.41) is 0. The van der Waals surface area contributed by atoms with Crippen molar-refractivity contribution in [3.63, 3.8) is 0 Å². The van der Waals surface area contributed by atoms with Gasteiger partial charge < -0.3 is 14.8 Å². The number of amides is 1. The molecule has 8 heteroatoms. The topological polar surface area (TPSA) is 123 Å². The van der Waals surface area contributed by atoms with Crippen LogP contribution in [0.15, 0.2) is 12.7 Å².